The minimum atomic E-state index is -0.241. The zero-order valence-corrected chi connectivity index (χ0v) is 19.6. The topological polar surface area (TPSA) is 71.5 Å². The summed E-state index contributed by atoms with van der Waals surface area (Å²) in [5.74, 6) is 1.05. The molecule has 1 atom stereocenters. The number of aliphatic hydroxyl groups excluding tert-OH is 1. The van der Waals surface area contributed by atoms with Gasteiger partial charge in [-0.3, -0.25) is 4.99 Å². The van der Waals surface area contributed by atoms with Crippen molar-refractivity contribution in [1.82, 2.24) is 19.3 Å². The number of nitrogens with zero attached hydrogens (tertiary/aromatic N) is 6. The van der Waals surface area contributed by atoms with Gasteiger partial charge in [0.15, 0.2) is 5.82 Å². The third-order valence-electron chi connectivity index (χ3n) is 6.98. The van der Waals surface area contributed by atoms with Gasteiger partial charge in [0.05, 0.1) is 18.0 Å². The van der Waals surface area contributed by atoms with Crippen LogP contribution in [-0.2, 0) is 6.54 Å². The van der Waals surface area contributed by atoms with E-state index < -0.39 is 0 Å². The number of hydrogen-bond acceptors (Lipinski definition) is 5. The smallest absolute Gasteiger partial charge is 0.179 e. The van der Waals surface area contributed by atoms with Crippen molar-refractivity contribution in [3.05, 3.63) is 72.4 Å². The van der Waals surface area contributed by atoms with E-state index in [4.69, 9.17) is 0 Å². The number of fused-ring (bicyclic) bond motifs is 5. The Hall–Kier alpha value is -3.78. The highest BCUT2D eigenvalue weighted by molar-refractivity contribution is 5.82. The molecule has 0 amide bonds. The molecule has 0 radical (unpaired) electrons. The standard InChI is InChI=1S/C27H27FN6O/c1-18(16-35)29-12-19-8-9-32(13-19)24-6-7-25-22(10-24)15-33-14-21(20-2-4-23(28)5-3-20)11-26(33)27-30-17-31-34(25)27/h2-7,10-11,14,17,19,35H,8-9,12-13,15-16H2,1H3/t19-/m1/s1. The van der Waals surface area contributed by atoms with Gasteiger partial charge in [-0.2, -0.15) is 5.10 Å². The van der Waals surface area contributed by atoms with E-state index in [2.05, 4.69) is 55.0 Å². The van der Waals surface area contributed by atoms with Crippen molar-refractivity contribution in [3.8, 4) is 28.3 Å². The molecule has 2 aromatic carbocycles. The van der Waals surface area contributed by atoms with Gasteiger partial charge in [0.25, 0.3) is 0 Å². The monoisotopic (exact) mass is 470 g/mol. The molecule has 0 aliphatic carbocycles. The predicted octanol–water partition coefficient (Wildman–Crippen LogP) is 4.18. The molecule has 8 heteroatoms. The second-order valence-corrected chi connectivity index (χ2v) is 9.39. The van der Waals surface area contributed by atoms with Gasteiger partial charge >= 0.3 is 0 Å². The van der Waals surface area contributed by atoms with Crippen LogP contribution in [0.1, 0.15) is 18.9 Å². The van der Waals surface area contributed by atoms with Crippen LogP contribution in [0.3, 0.4) is 0 Å². The van der Waals surface area contributed by atoms with E-state index in [-0.39, 0.29) is 12.4 Å². The van der Waals surface area contributed by atoms with Gasteiger partial charge in [0.1, 0.15) is 12.1 Å². The first-order valence-electron chi connectivity index (χ1n) is 11.9. The Bertz CT molecular complexity index is 1400. The molecule has 1 N–H and O–H groups in total. The second-order valence-electron chi connectivity index (χ2n) is 9.39. The Morgan fingerprint density at radius 3 is 2.83 bits per heavy atom. The number of aromatic nitrogens is 4. The maximum Gasteiger partial charge on any atom is 0.179 e. The normalized spacial score (nSPS) is 17.2. The van der Waals surface area contributed by atoms with Gasteiger partial charge in [0.2, 0.25) is 0 Å². The molecule has 2 aromatic heterocycles. The van der Waals surface area contributed by atoms with E-state index in [0.29, 0.717) is 12.5 Å². The average molecular weight is 471 g/mol. The van der Waals surface area contributed by atoms with Crippen LogP contribution in [-0.4, -0.2) is 56.4 Å². The summed E-state index contributed by atoms with van der Waals surface area (Å²) in [6, 6.07) is 15.2. The first kappa shape index (κ1) is 21.7. The molecule has 4 heterocycles. The van der Waals surface area contributed by atoms with Gasteiger partial charge in [-0.15, -0.1) is 0 Å². The van der Waals surface area contributed by atoms with Crippen molar-refractivity contribution < 1.29 is 9.50 Å². The Kier molecular flexibility index (Phi) is 5.45. The molecule has 0 saturated carbocycles. The van der Waals surface area contributed by atoms with E-state index in [1.165, 1.54) is 23.4 Å². The number of anilines is 1. The summed E-state index contributed by atoms with van der Waals surface area (Å²) in [6.45, 7) is 5.30. The predicted molar refractivity (Wildman–Crippen MR) is 135 cm³/mol. The molecule has 0 unspecified atom stereocenters. The SMILES string of the molecule is CC(CO)=NC[C@H]1CCN(c2ccc3c(c2)Cn2cc(-c4ccc(F)cc4)cc2-c2ncnn2-3)C1. The number of rotatable bonds is 5. The number of hydrogen-bond donors (Lipinski definition) is 1. The fraction of sp³-hybridized carbons (Fsp3) is 0.296. The van der Waals surface area contributed by atoms with Crippen LogP contribution in [0.5, 0.6) is 0 Å². The lowest BCUT2D eigenvalue weighted by Crippen LogP contribution is -2.21. The van der Waals surface area contributed by atoms with Crippen molar-refractivity contribution in [3.63, 3.8) is 0 Å². The summed E-state index contributed by atoms with van der Waals surface area (Å²) in [4.78, 5) is 11.5. The second kappa shape index (κ2) is 8.78. The van der Waals surface area contributed by atoms with Gasteiger partial charge < -0.3 is 14.6 Å². The Labute approximate surface area is 203 Å². The van der Waals surface area contributed by atoms with Crippen molar-refractivity contribution in [2.24, 2.45) is 10.9 Å². The van der Waals surface area contributed by atoms with E-state index in [0.717, 1.165) is 60.1 Å². The zero-order chi connectivity index (χ0) is 23.9. The van der Waals surface area contributed by atoms with Gasteiger partial charge in [0, 0.05) is 49.3 Å². The van der Waals surface area contributed by atoms with Crippen LogP contribution in [0, 0.1) is 11.7 Å². The Balaban J connectivity index is 1.32. The third-order valence-corrected chi connectivity index (χ3v) is 6.98. The zero-order valence-electron chi connectivity index (χ0n) is 19.6. The van der Waals surface area contributed by atoms with Crippen LogP contribution in [0.4, 0.5) is 10.1 Å². The van der Waals surface area contributed by atoms with Crippen LogP contribution in [0.2, 0.25) is 0 Å². The number of aliphatic imine (C=N–C) groups is 1. The number of benzene rings is 2. The number of aliphatic hydroxyl groups is 1. The highest BCUT2D eigenvalue weighted by Gasteiger charge is 2.26. The fourth-order valence-electron chi connectivity index (χ4n) is 5.06. The highest BCUT2D eigenvalue weighted by atomic mass is 19.1. The summed E-state index contributed by atoms with van der Waals surface area (Å²) in [5.41, 5.74) is 7.17. The average Bonchev–Trinajstić information content (AvgIpc) is 3.62. The molecule has 6 rings (SSSR count). The van der Waals surface area contributed by atoms with E-state index in [9.17, 15) is 9.50 Å². The Morgan fingerprint density at radius 1 is 1.14 bits per heavy atom. The molecule has 35 heavy (non-hydrogen) atoms. The molecule has 1 fully saturated rings. The van der Waals surface area contributed by atoms with Crippen molar-refractivity contribution in [2.45, 2.75) is 19.9 Å². The molecule has 7 nitrogen and oxygen atoms in total. The summed E-state index contributed by atoms with van der Waals surface area (Å²) >= 11 is 0. The molecule has 2 aliphatic heterocycles. The Morgan fingerprint density at radius 2 is 2.00 bits per heavy atom. The molecule has 1 saturated heterocycles. The molecule has 2 aliphatic rings. The van der Waals surface area contributed by atoms with Crippen LogP contribution in [0.15, 0.2) is 66.0 Å². The van der Waals surface area contributed by atoms with Crippen molar-refractivity contribution >= 4 is 11.4 Å². The summed E-state index contributed by atoms with van der Waals surface area (Å²) < 4.78 is 17.6. The fourth-order valence-corrected chi connectivity index (χ4v) is 5.06. The van der Waals surface area contributed by atoms with Crippen molar-refractivity contribution in [2.75, 3.05) is 31.1 Å². The number of halogens is 1. The molecule has 0 spiro atoms. The first-order valence-corrected chi connectivity index (χ1v) is 11.9. The molecular weight excluding hydrogens is 443 g/mol. The maximum absolute atomic E-state index is 13.4. The minimum absolute atomic E-state index is 0.0236. The van der Waals surface area contributed by atoms with E-state index >= 15 is 0 Å². The van der Waals surface area contributed by atoms with E-state index in [1.54, 1.807) is 18.5 Å². The maximum atomic E-state index is 13.4. The molecule has 4 aromatic rings. The molecular formula is C27H27FN6O. The lowest BCUT2D eigenvalue weighted by molar-refractivity contribution is 0.356. The van der Waals surface area contributed by atoms with Crippen molar-refractivity contribution in [1.29, 1.82) is 0 Å². The lowest BCUT2D eigenvalue weighted by atomic mass is 10.1. The quantitative estimate of drug-likeness (QED) is 0.391. The van der Waals surface area contributed by atoms with Crippen LogP contribution >= 0.6 is 0 Å². The van der Waals surface area contributed by atoms with Crippen LogP contribution < -0.4 is 4.90 Å². The molecule has 178 valence electrons. The van der Waals surface area contributed by atoms with Gasteiger partial charge in [-0.25, -0.2) is 14.1 Å². The minimum Gasteiger partial charge on any atom is -0.390 e. The summed E-state index contributed by atoms with van der Waals surface area (Å²) in [6.07, 6.45) is 4.79. The van der Waals surface area contributed by atoms with Gasteiger partial charge in [-0.1, -0.05) is 12.1 Å². The third kappa shape index (κ3) is 4.04. The summed E-state index contributed by atoms with van der Waals surface area (Å²) in [5, 5.41) is 13.7. The lowest BCUT2D eigenvalue weighted by Gasteiger charge is -2.20. The summed E-state index contributed by atoms with van der Waals surface area (Å²) in [7, 11) is 0. The highest BCUT2D eigenvalue weighted by Crippen LogP contribution is 2.35. The first-order chi connectivity index (χ1) is 17.1. The van der Waals surface area contributed by atoms with E-state index in [1.807, 2.05) is 11.6 Å². The molecule has 0 bridgehead atoms. The largest absolute Gasteiger partial charge is 0.390 e. The van der Waals surface area contributed by atoms with Gasteiger partial charge in [-0.05, 0) is 66.8 Å². The van der Waals surface area contributed by atoms with Crippen LogP contribution in [0.25, 0.3) is 28.3 Å².